The summed E-state index contributed by atoms with van der Waals surface area (Å²) in [5.74, 6) is 0.0100. The van der Waals surface area contributed by atoms with Crippen molar-refractivity contribution in [1.82, 2.24) is 9.88 Å². The van der Waals surface area contributed by atoms with Crippen molar-refractivity contribution in [3.63, 3.8) is 0 Å². The Hall–Kier alpha value is -2.95. The molecule has 0 saturated carbocycles. The molecule has 0 unspecified atom stereocenters. The van der Waals surface area contributed by atoms with E-state index in [0.717, 1.165) is 47.0 Å². The van der Waals surface area contributed by atoms with Crippen molar-refractivity contribution in [3.05, 3.63) is 71.2 Å². The van der Waals surface area contributed by atoms with Crippen LogP contribution in [0.25, 0.3) is 10.9 Å². The second-order valence-electron chi connectivity index (χ2n) is 7.49. The highest BCUT2D eigenvalue weighted by Crippen LogP contribution is 2.23. The Labute approximate surface area is 171 Å². The summed E-state index contributed by atoms with van der Waals surface area (Å²) in [6.45, 7) is 2.23. The average Bonchev–Trinajstić information content (AvgIpc) is 2.70. The van der Waals surface area contributed by atoms with E-state index in [1.54, 1.807) is 25.1 Å². The molecule has 0 atom stereocenters. The Morgan fingerprint density at radius 2 is 1.90 bits per heavy atom. The van der Waals surface area contributed by atoms with Gasteiger partial charge in [-0.25, -0.2) is 4.39 Å². The van der Waals surface area contributed by atoms with E-state index in [9.17, 15) is 9.18 Å². The van der Waals surface area contributed by atoms with Gasteiger partial charge in [0.1, 0.15) is 6.61 Å². The van der Waals surface area contributed by atoms with Gasteiger partial charge in [-0.05, 0) is 56.0 Å². The summed E-state index contributed by atoms with van der Waals surface area (Å²) in [4.78, 5) is 17.7. The summed E-state index contributed by atoms with van der Waals surface area (Å²) in [5, 5.41) is 1.02. The van der Waals surface area contributed by atoms with Gasteiger partial charge in [-0.2, -0.15) is 0 Å². The maximum Gasteiger partial charge on any atom is 0.222 e. The van der Waals surface area contributed by atoms with Crippen LogP contribution in [0.2, 0.25) is 0 Å². The molecule has 5 heteroatoms. The second kappa shape index (κ2) is 9.50. The van der Waals surface area contributed by atoms with Gasteiger partial charge in [0.05, 0.1) is 5.52 Å². The van der Waals surface area contributed by atoms with Crippen LogP contribution in [-0.2, 0) is 17.8 Å². The van der Waals surface area contributed by atoms with Crippen molar-refractivity contribution in [1.29, 1.82) is 0 Å². The summed E-state index contributed by atoms with van der Waals surface area (Å²) in [7, 11) is 3.51. The fourth-order valence-electron chi connectivity index (χ4n) is 3.32. The molecule has 0 bridgehead atoms. The predicted molar refractivity (Wildman–Crippen MR) is 113 cm³/mol. The summed E-state index contributed by atoms with van der Waals surface area (Å²) in [5.41, 5.74) is 3.72. The number of aryl methyl sites for hydroxylation is 2. The van der Waals surface area contributed by atoms with Crippen LogP contribution < -0.4 is 4.74 Å². The number of aromatic nitrogens is 1. The number of unbranched alkanes of at least 4 members (excludes halogenated alkanes) is 1. The van der Waals surface area contributed by atoms with Gasteiger partial charge in [-0.1, -0.05) is 24.3 Å². The summed E-state index contributed by atoms with van der Waals surface area (Å²) in [6, 6.07) is 15.0. The van der Waals surface area contributed by atoms with Crippen LogP contribution in [0.1, 0.15) is 36.1 Å². The fraction of sp³-hybridized carbons (Fsp3) is 0.333. The zero-order valence-corrected chi connectivity index (χ0v) is 17.2. The molecular formula is C24H27FN2O2. The van der Waals surface area contributed by atoms with Crippen molar-refractivity contribution in [2.45, 2.75) is 39.2 Å². The lowest BCUT2D eigenvalue weighted by Gasteiger charge is -2.12. The number of ether oxygens (including phenoxy) is 1. The van der Waals surface area contributed by atoms with Crippen LogP contribution >= 0.6 is 0 Å². The minimum absolute atomic E-state index is 0.124. The fourth-order valence-corrected chi connectivity index (χ4v) is 3.32. The van der Waals surface area contributed by atoms with Crippen LogP contribution in [0, 0.1) is 12.7 Å². The third-order valence-electron chi connectivity index (χ3n) is 4.91. The third kappa shape index (κ3) is 5.53. The minimum Gasteiger partial charge on any atom is -0.486 e. The molecule has 0 fully saturated rings. The predicted octanol–water partition coefficient (Wildman–Crippen LogP) is 5.06. The molecular weight excluding hydrogens is 367 g/mol. The number of para-hydroxylation sites is 1. The van der Waals surface area contributed by atoms with Crippen molar-refractivity contribution in [2.75, 3.05) is 14.1 Å². The number of nitrogens with zero attached hydrogens (tertiary/aromatic N) is 2. The molecule has 0 N–H and O–H groups in total. The first-order valence-electron chi connectivity index (χ1n) is 9.90. The molecule has 0 saturated heterocycles. The zero-order chi connectivity index (χ0) is 20.8. The highest BCUT2D eigenvalue weighted by atomic mass is 19.1. The van der Waals surface area contributed by atoms with Crippen molar-refractivity contribution < 1.29 is 13.9 Å². The lowest BCUT2D eigenvalue weighted by atomic mass is 10.1. The largest absolute Gasteiger partial charge is 0.486 e. The van der Waals surface area contributed by atoms with E-state index in [4.69, 9.17) is 4.74 Å². The number of hydrogen-bond donors (Lipinski definition) is 0. The van der Waals surface area contributed by atoms with Gasteiger partial charge < -0.3 is 9.64 Å². The number of benzene rings is 2. The number of halogens is 1. The quantitative estimate of drug-likeness (QED) is 0.502. The lowest BCUT2D eigenvalue weighted by molar-refractivity contribution is -0.128. The molecule has 0 spiro atoms. The zero-order valence-electron chi connectivity index (χ0n) is 17.2. The summed E-state index contributed by atoms with van der Waals surface area (Å²) >= 11 is 0. The first-order chi connectivity index (χ1) is 13.9. The first-order valence-corrected chi connectivity index (χ1v) is 9.90. The molecule has 1 heterocycles. The van der Waals surface area contributed by atoms with Gasteiger partial charge in [-0.3, -0.25) is 9.78 Å². The van der Waals surface area contributed by atoms with Gasteiger partial charge >= 0.3 is 0 Å². The van der Waals surface area contributed by atoms with Crippen molar-refractivity contribution in [3.8, 4) is 5.75 Å². The monoisotopic (exact) mass is 394 g/mol. The first kappa shape index (κ1) is 20.8. The van der Waals surface area contributed by atoms with Crippen LogP contribution in [0.5, 0.6) is 5.75 Å². The second-order valence-corrected chi connectivity index (χ2v) is 7.49. The normalized spacial score (nSPS) is 10.9. The number of carbonyl (C=O) groups excluding carboxylic acids is 1. The number of amides is 1. The Bertz CT molecular complexity index is 1000. The molecule has 1 amide bonds. The molecule has 0 aliphatic heterocycles. The van der Waals surface area contributed by atoms with Crippen LogP contribution in [0.4, 0.5) is 4.39 Å². The van der Waals surface area contributed by atoms with E-state index in [1.807, 2.05) is 43.3 Å². The van der Waals surface area contributed by atoms with Gasteiger partial charge in [0, 0.05) is 37.2 Å². The van der Waals surface area contributed by atoms with Gasteiger partial charge in [0.2, 0.25) is 5.91 Å². The maximum absolute atomic E-state index is 14.5. The Morgan fingerprint density at radius 3 is 2.66 bits per heavy atom. The minimum atomic E-state index is -0.359. The SMILES string of the molecule is Cc1cc(COc2ccc(CCCCC(=O)N(C)C)cc2F)c2ccccc2n1. The molecule has 3 rings (SSSR count). The highest BCUT2D eigenvalue weighted by molar-refractivity contribution is 5.82. The van der Waals surface area contributed by atoms with Gasteiger partial charge in [0.25, 0.3) is 0 Å². The van der Waals surface area contributed by atoms with E-state index < -0.39 is 0 Å². The van der Waals surface area contributed by atoms with Crippen LogP contribution in [0.3, 0.4) is 0 Å². The van der Waals surface area contributed by atoms with Crippen LogP contribution in [-0.4, -0.2) is 29.9 Å². The molecule has 152 valence electrons. The highest BCUT2D eigenvalue weighted by Gasteiger charge is 2.09. The molecule has 0 aliphatic carbocycles. The molecule has 3 aromatic rings. The van der Waals surface area contributed by atoms with E-state index in [2.05, 4.69) is 4.98 Å². The number of rotatable bonds is 8. The third-order valence-corrected chi connectivity index (χ3v) is 4.91. The summed E-state index contributed by atoms with van der Waals surface area (Å²) < 4.78 is 20.3. The standard InChI is InChI=1S/C24H27FN2O2/c1-17-14-19(20-9-5-6-10-22(20)26-17)16-29-23-13-12-18(15-21(23)25)8-4-7-11-24(28)27(2)3/h5-6,9-10,12-15H,4,7-8,11,16H2,1-3H3. The molecule has 4 nitrogen and oxygen atoms in total. The van der Waals surface area contributed by atoms with Crippen molar-refractivity contribution in [2.24, 2.45) is 0 Å². The van der Waals surface area contributed by atoms with E-state index in [0.29, 0.717) is 6.42 Å². The van der Waals surface area contributed by atoms with Gasteiger partial charge in [-0.15, -0.1) is 0 Å². The summed E-state index contributed by atoms with van der Waals surface area (Å²) in [6.07, 6.45) is 2.91. The van der Waals surface area contributed by atoms with E-state index >= 15 is 0 Å². The number of pyridine rings is 1. The molecule has 1 aromatic heterocycles. The van der Waals surface area contributed by atoms with E-state index in [-0.39, 0.29) is 24.1 Å². The number of hydrogen-bond acceptors (Lipinski definition) is 3. The topological polar surface area (TPSA) is 42.4 Å². The van der Waals surface area contributed by atoms with Crippen LogP contribution in [0.15, 0.2) is 48.5 Å². The van der Waals surface area contributed by atoms with Crippen molar-refractivity contribution >= 4 is 16.8 Å². The van der Waals surface area contributed by atoms with E-state index in [1.165, 1.54) is 6.07 Å². The molecule has 0 radical (unpaired) electrons. The average molecular weight is 394 g/mol. The Kier molecular flexibility index (Phi) is 6.81. The molecule has 2 aromatic carbocycles. The molecule has 29 heavy (non-hydrogen) atoms. The Morgan fingerprint density at radius 1 is 1.10 bits per heavy atom. The number of carbonyl (C=O) groups is 1. The smallest absolute Gasteiger partial charge is 0.222 e. The Balaban J connectivity index is 1.59. The maximum atomic E-state index is 14.5. The lowest BCUT2D eigenvalue weighted by Crippen LogP contribution is -2.21. The molecule has 0 aliphatic rings. The number of fused-ring (bicyclic) bond motifs is 1. The van der Waals surface area contributed by atoms with Gasteiger partial charge in [0.15, 0.2) is 11.6 Å².